The van der Waals surface area contributed by atoms with Crippen molar-refractivity contribution in [3.8, 4) is 28.4 Å². The molecule has 0 radical (unpaired) electrons. The van der Waals surface area contributed by atoms with E-state index >= 15 is 0 Å². The molecule has 2 amide bonds. The largest absolute Gasteiger partial charge is 0.494 e. The van der Waals surface area contributed by atoms with E-state index in [0.717, 1.165) is 49.5 Å². The predicted molar refractivity (Wildman–Crippen MR) is 304 cm³/mol. The fraction of sp³-hybridized carbons (Fsp3) is 0.569. The molecule has 2 aromatic carbocycles. The van der Waals surface area contributed by atoms with Crippen molar-refractivity contribution in [1.29, 1.82) is 0 Å². The molecular weight excluding hydrogens is 949 g/mol. The smallest absolute Gasteiger partial charge is 0.265 e. The summed E-state index contributed by atoms with van der Waals surface area (Å²) in [6, 6.07) is 8.38. The highest BCUT2D eigenvalue weighted by Crippen LogP contribution is 2.41. The van der Waals surface area contributed by atoms with E-state index in [2.05, 4.69) is 46.8 Å². The first-order valence-corrected chi connectivity index (χ1v) is 27.9. The second kappa shape index (κ2) is 30.7. The van der Waals surface area contributed by atoms with Gasteiger partial charge in [-0.05, 0) is 82.2 Å². The number of aromatic nitrogens is 2. The van der Waals surface area contributed by atoms with Crippen LogP contribution in [0, 0.1) is 5.92 Å². The molecule has 2 heterocycles. The first-order chi connectivity index (χ1) is 36.3. The van der Waals surface area contributed by atoms with Crippen LogP contribution in [0.4, 0.5) is 0 Å². The van der Waals surface area contributed by atoms with Gasteiger partial charge in [-0.1, -0.05) is 142 Å². The Morgan fingerprint density at radius 1 is 0.733 bits per heavy atom. The number of ether oxygens (including phenoxy) is 1. The van der Waals surface area contributed by atoms with E-state index in [4.69, 9.17) is 21.2 Å². The van der Waals surface area contributed by atoms with Crippen molar-refractivity contribution in [3.63, 3.8) is 0 Å². The Balaban J connectivity index is 1.21. The van der Waals surface area contributed by atoms with Crippen molar-refractivity contribution >= 4 is 51.7 Å². The lowest BCUT2D eigenvalue weighted by Crippen LogP contribution is -2.38. The van der Waals surface area contributed by atoms with Gasteiger partial charge in [0.2, 0.25) is 11.8 Å². The third kappa shape index (κ3) is 16.7. The van der Waals surface area contributed by atoms with Gasteiger partial charge in [-0.3, -0.25) is 33.5 Å². The molecule has 2 atom stereocenters. The average Bonchev–Trinajstić information content (AvgIpc) is 3.38. The maximum absolute atomic E-state index is 14.6. The standard InChI is InChI=1S/C58H84N10O7/c1-7-11-13-14-15-16-17-18-19-20-21-22-23-24-25-26-34-61-66-53(70)45(64-58(59)60)32-33-48(69)65-62-37-41-28-30-42(31-29-41)68-55(72)44-36-47(75-10-4)52-50-43(35-46(63-39(5)6)51(49(44)50)57(68)74)54(71)67(56(52)73)38-40(9-3)27-12-8-2/h28-31,34-37,39-40,45,74H,7-27,32-33,38H2,1-6H3,(H,65,69)(H,66,70)(H4,59,60,64)/b61-34+,62-37+,63-46?/t40?,45-/m0/s1. The third-order valence-corrected chi connectivity index (χ3v) is 13.8. The summed E-state index contributed by atoms with van der Waals surface area (Å²) in [5.74, 6) is -1.44. The summed E-state index contributed by atoms with van der Waals surface area (Å²) < 4.78 is 8.52. The number of carbonyl (C=O) groups is 2. The van der Waals surface area contributed by atoms with Crippen LogP contribution in [-0.2, 0) is 16.1 Å². The van der Waals surface area contributed by atoms with Crippen molar-refractivity contribution in [2.24, 2.45) is 37.6 Å². The second-order valence-electron chi connectivity index (χ2n) is 20.1. The van der Waals surface area contributed by atoms with E-state index in [9.17, 15) is 29.1 Å². The quantitative estimate of drug-likeness (QED) is 0.00864. The molecule has 1 unspecified atom stereocenters. The van der Waals surface area contributed by atoms with Crippen molar-refractivity contribution in [3.05, 3.63) is 78.4 Å². The van der Waals surface area contributed by atoms with Crippen LogP contribution in [0.1, 0.15) is 188 Å². The molecular formula is C58H84N10O7. The fourth-order valence-corrected chi connectivity index (χ4v) is 9.81. The van der Waals surface area contributed by atoms with Crippen molar-refractivity contribution in [2.75, 3.05) is 6.61 Å². The number of amides is 2. The lowest BCUT2D eigenvalue weighted by Gasteiger charge is -2.23. The number of nitrogens with two attached hydrogens (primary N) is 2. The maximum atomic E-state index is 14.6. The van der Waals surface area contributed by atoms with Crippen LogP contribution in [0.25, 0.3) is 38.4 Å². The Kier molecular flexibility index (Phi) is 24.2. The van der Waals surface area contributed by atoms with Crippen molar-refractivity contribution in [1.82, 2.24) is 20.0 Å². The molecule has 1 aromatic heterocycles. The van der Waals surface area contributed by atoms with E-state index in [1.165, 1.54) is 100 Å². The molecule has 0 fully saturated rings. The molecule has 1 aliphatic carbocycles. The molecule has 3 aromatic rings. The van der Waals surface area contributed by atoms with Crippen LogP contribution in [-0.4, -0.2) is 63.1 Å². The van der Waals surface area contributed by atoms with Gasteiger partial charge in [0.1, 0.15) is 11.8 Å². The molecule has 0 saturated carbocycles. The first-order valence-electron chi connectivity index (χ1n) is 27.9. The number of aliphatic imine (C=N–C) groups is 1. The first kappa shape index (κ1) is 59.2. The summed E-state index contributed by atoms with van der Waals surface area (Å²) >= 11 is 0. The van der Waals surface area contributed by atoms with Gasteiger partial charge in [-0.25, -0.2) is 20.4 Å². The van der Waals surface area contributed by atoms with Crippen LogP contribution in [0.15, 0.2) is 71.0 Å². The van der Waals surface area contributed by atoms with Gasteiger partial charge >= 0.3 is 0 Å². The molecule has 5 rings (SSSR count). The number of rotatable bonds is 34. The molecule has 7 N–H and O–H groups in total. The minimum absolute atomic E-state index is 0.000527. The van der Waals surface area contributed by atoms with Crippen LogP contribution >= 0.6 is 0 Å². The van der Waals surface area contributed by atoms with E-state index in [0.29, 0.717) is 16.6 Å². The van der Waals surface area contributed by atoms with E-state index in [1.807, 2.05) is 13.8 Å². The number of nitrogens with one attached hydrogen (secondary N) is 2. The predicted octanol–water partition coefficient (Wildman–Crippen LogP) is 9.51. The Bertz CT molecular complexity index is 2900. The highest BCUT2D eigenvalue weighted by molar-refractivity contribution is 6.17. The van der Waals surface area contributed by atoms with Crippen LogP contribution in [0.2, 0.25) is 0 Å². The van der Waals surface area contributed by atoms with Crippen molar-refractivity contribution in [2.45, 2.75) is 201 Å². The number of unbranched alkanes of at least 4 members (excludes halogenated alkanes) is 16. The molecule has 2 aliphatic rings. The van der Waals surface area contributed by atoms with Gasteiger partial charge in [0.05, 0.1) is 45.6 Å². The van der Waals surface area contributed by atoms with Gasteiger partial charge in [-0.2, -0.15) is 10.2 Å². The highest BCUT2D eigenvalue weighted by atomic mass is 16.5. The average molecular weight is 1030 g/mol. The number of hydrogen-bond donors (Lipinski definition) is 5. The Labute approximate surface area is 442 Å². The number of pyridine rings is 2. The number of benzene rings is 3. The summed E-state index contributed by atoms with van der Waals surface area (Å²) in [5, 5.41) is 21.4. The van der Waals surface area contributed by atoms with Gasteiger partial charge < -0.3 is 21.3 Å². The van der Waals surface area contributed by atoms with E-state index in [-0.39, 0.29) is 82.3 Å². The van der Waals surface area contributed by atoms with Gasteiger partial charge in [0, 0.05) is 36.2 Å². The van der Waals surface area contributed by atoms with Crippen molar-refractivity contribution < 1.29 is 19.4 Å². The Morgan fingerprint density at radius 2 is 1.36 bits per heavy atom. The minimum Gasteiger partial charge on any atom is -0.494 e. The van der Waals surface area contributed by atoms with Gasteiger partial charge in [0.25, 0.3) is 22.6 Å². The zero-order valence-corrected chi connectivity index (χ0v) is 45.6. The maximum Gasteiger partial charge on any atom is 0.265 e. The normalized spacial score (nSPS) is 13.0. The number of nitrogens with zero attached hydrogens (tertiary/aromatic N) is 6. The summed E-state index contributed by atoms with van der Waals surface area (Å²) in [6.07, 6.45) is 26.7. The molecule has 0 bridgehead atoms. The van der Waals surface area contributed by atoms with E-state index in [1.54, 1.807) is 43.5 Å². The highest BCUT2D eigenvalue weighted by Gasteiger charge is 2.30. The van der Waals surface area contributed by atoms with Gasteiger partial charge in [-0.15, -0.1) is 0 Å². The SMILES string of the molecule is CCCCCCCCCCCCCCCCC/C=N/NC(=O)[C@H](CCC(=O)N/N=C/c1ccc(-n2c(O)c3c(=NC(C)C)cc4c(=O)n(CC(CC)CCCC)c(=O)c5c(OCC)cc(c2=O)c3c5-4)cc1)N=C(N)N. The topological polar surface area (TPSA) is 250 Å². The summed E-state index contributed by atoms with van der Waals surface area (Å²) in [6.45, 7) is 12.4. The number of carbonyl (C=O) groups excluding carboxylic acids is 2. The van der Waals surface area contributed by atoms with E-state index < -0.39 is 40.4 Å². The molecule has 17 heteroatoms. The summed E-state index contributed by atoms with van der Waals surface area (Å²) in [4.78, 5) is 78.0. The number of hydrazone groups is 2. The number of guanidine groups is 1. The molecule has 408 valence electrons. The third-order valence-electron chi connectivity index (χ3n) is 13.8. The summed E-state index contributed by atoms with van der Waals surface area (Å²) in [5.41, 5.74) is 15.9. The van der Waals surface area contributed by atoms with Crippen LogP contribution in [0.5, 0.6) is 11.6 Å². The summed E-state index contributed by atoms with van der Waals surface area (Å²) in [7, 11) is 0. The fourth-order valence-electron chi connectivity index (χ4n) is 9.81. The zero-order valence-electron chi connectivity index (χ0n) is 45.6. The molecule has 17 nitrogen and oxygen atoms in total. The monoisotopic (exact) mass is 1030 g/mol. The molecule has 0 spiro atoms. The number of hydrogen-bond acceptors (Lipinski definition) is 11. The molecule has 75 heavy (non-hydrogen) atoms. The van der Waals surface area contributed by atoms with Gasteiger partial charge in [0.15, 0.2) is 5.96 Å². The van der Waals surface area contributed by atoms with Crippen LogP contribution in [0.3, 0.4) is 0 Å². The zero-order chi connectivity index (χ0) is 54.3. The lowest BCUT2D eigenvalue weighted by molar-refractivity contribution is -0.123. The second-order valence-corrected chi connectivity index (χ2v) is 20.1. The van der Waals surface area contributed by atoms with Crippen LogP contribution < -0.4 is 49.1 Å². The Hall–Kier alpha value is -6.65. The molecule has 1 aliphatic heterocycles. The lowest BCUT2D eigenvalue weighted by atomic mass is 9.89. The number of aromatic hydroxyl groups is 1. The Morgan fingerprint density at radius 3 is 1.95 bits per heavy atom. The minimum atomic E-state index is -1.04. The molecule has 0 saturated heterocycles.